The fourth-order valence-corrected chi connectivity index (χ4v) is 1.89. The maximum absolute atomic E-state index is 11.5. The minimum Gasteiger partial charge on any atom is -0.461 e. The van der Waals surface area contributed by atoms with Crippen LogP contribution < -0.4 is 0 Å². The Bertz CT molecular complexity index is 440. The van der Waals surface area contributed by atoms with Crippen molar-refractivity contribution < 1.29 is 19.0 Å². The lowest BCUT2D eigenvalue weighted by molar-refractivity contribution is -0.154. The van der Waals surface area contributed by atoms with Crippen molar-refractivity contribution in [1.82, 2.24) is 0 Å². The number of hydrogen-bond acceptors (Lipinski definition) is 4. The Morgan fingerprint density at radius 2 is 1.95 bits per heavy atom. The normalized spacial score (nSPS) is 12.7. The Labute approximate surface area is 133 Å². The predicted octanol–water partition coefficient (Wildman–Crippen LogP) is 3.51. The maximum atomic E-state index is 11.5. The summed E-state index contributed by atoms with van der Waals surface area (Å²) in [7, 11) is 0. The fraction of sp³-hybridized carbons (Fsp3) is 0.500. The van der Waals surface area contributed by atoms with Crippen LogP contribution in [0.1, 0.15) is 32.8 Å². The van der Waals surface area contributed by atoms with Gasteiger partial charge in [0.15, 0.2) is 0 Å². The highest BCUT2D eigenvalue weighted by atomic mass is 16.6. The Hall–Kier alpha value is -1.65. The van der Waals surface area contributed by atoms with Gasteiger partial charge in [0.25, 0.3) is 0 Å². The number of carbonyl (C=O) groups excluding carboxylic acids is 1. The molecule has 1 atom stereocenters. The van der Waals surface area contributed by atoms with E-state index in [-0.39, 0.29) is 24.8 Å². The second-order valence-corrected chi connectivity index (χ2v) is 5.24. The van der Waals surface area contributed by atoms with Gasteiger partial charge in [0.2, 0.25) is 0 Å². The molecule has 0 saturated carbocycles. The third-order valence-corrected chi connectivity index (χ3v) is 2.85. The molecule has 1 aromatic rings. The second kappa shape index (κ2) is 11.0. The number of hydrogen-bond donors (Lipinski definition) is 0. The third-order valence-electron chi connectivity index (χ3n) is 2.85. The average Bonchev–Trinajstić information content (AvgIpc) is 2.49. The molecule has 0 bridgehead atoms. The van der Waals surface area contributed by atoms with Crippen LogP contribution in [0, 0.1) is 0 Å². The van der Waals surface area contributed by atoms with E-state index in [1.807, 2.05) is 63.3 Å². The second-order valence-electron chi connectivity index (χ2n) is 5.24. The quantitative estimate of drug-likeness (QED) is 0.377. The smallest absolute Gasteiger partial charge is 0.332 e. The monoisotopic (exact) mass is 306 g/mol. The summed E-state index contributed by atoms with van der Waals surface area (Å²) in [5, 5.41) is 0. The molecule has 0 fully saturated rings. The summed E-state index contributed by atoms with van der Waals surface area (Å²) in [6, 6.07) is 10.0. The summed E-state index contributed by atoms with van der Waals surface area (Å²) in [6.45, 7) is 6.68. The molecule has 0 aliphatic heterocycles. The van der Waals surface area contributed by atoms with E-state index in [0.717, 1.165) is 5.56 Å². The molecule has 0 aromatic heterocycles. The molecule has 122 valence electrons. The number of esters is 1. The van der Waals surface area contributed by atoms with Crippen LogP contribution in [0.3, 0.4) is 0 Å². The summed E-state index contributed by atoms with van der Waals surface area (Å²) < 4.78 is 16.2. The van der Waals surface area contributed by atoms with Crippen molar-refractivity contribution in [2.24, 2.45) is 0 Å². The van der Waals surface area contributed by atoms with Crippen molar-refractivity contribution in [2.45, 2.75) is 46.0 Å². The van der Waals surface area contributed by atoms with Gasteiger partial charge in [-0.25, -0.2) is 4.79 Å². The van der Waals surface area contributed by atoms with Crippen molar-refractivity contribution in [3.05, 3.63) is 48.0 Å². The number of allylic oxidation sites excluding steroid dienone is 1. The van der Waals surface area contributed by atoms with Crippen LogP contribution in [-0.4, -0.2) is 31.4 Å². The topological polar surface area (TPSA) is 44.8 Å². The standard InChI is InChI=1S/C18H26O4/c1-4-8-17(21-14-18(19)22-15(2)3)11-12-20-13-16-9-6-5-7-10-16/h4-10,15,17H,11-14H2,1-3H3/b8-4+. The zero-order valence-corrected chi connectivity index (χ0v) is 13.7. The Morgan fingerprint density at radius 3 is 2.59 bits per heavy atom. The highest BCUT2D eigenvalue weighted by Gasteiger charge is 2.10. The molecule has 4 nitrogen and oxygen atoms in total. The summed E-state index contributed by atoms with van der Waals surface area (Å²) in [5.74, 6) is -0.338. The molecule has 1 unspecified atom stereocenters. The Balaban J connectivity index is 2.24. The number of rotatable bonds is 10. The van der Waals surface area contributed by atoms with Crippen molar-refractivity contribution in [3.63, 3.8) is 0 Å². The molecule has 1 aromatic carbocycles. The van der Waals surface area contributed by atoms with Crippen LogP contribution in [0.4, 0.5) is 0 Å². The van der Waals surface area contributed by atoms with E-state index in [4.69, 9.17) is 14.2 Å². The van der Waals surface area contributed by atoms with Gasteiger partial charge in [0.1, 0.15) is 6.61 Å². The third kappa shape index (κ3) is 8.60. The van der Waals surface area contributed by atoms with E-state index < -0.39 is 0 Å². The van der Waals surface area contributed by atoms with Gasteiger partial charge in [-0.15, -0.1) is 0 Å². The van der Waals surface area contributed by atoms with Crippen LogP contribution in [-0.2, 0) is 25.6 Å². The molecular weight excluding hydrogens is 280 g/mol. The lowest BCUT2D eigenvalue weighted by atomic mass is 10.2. The Morgan fingerprint density at radius 1 is 1.23 bits per heavy atom. The molecule has 0 N–H and O–H groups in total. The molecule has 0 aliphatic carbocycles. The van der Waals surface area contributed by atoms with Crippen LogP contribution in [0.25, 0.3) is 0 Å². The summed E-state index contributed by atoms with van der Waals surface area (Å²) in [6.07, 6.45) is 4.28. The summed E-state index contributed by atoms with van der Waals surface area (Å²) in [4.78, 5) is 11.5. The Kier molecular flexibility index (Phi) is 9.19. The van der Waals surface area contributed by atoms with E-state index >= 15 is 0 Å². The van der Waals surface area contributed by atoms with Crippen molar-refractivity contribution in [3.8, 4) is 0 Å². The van der Waals surface area contributed by atoms with Crippen LogP contribution in [0.2, 0.25) is 0 Å². The summed E-state index contributed by atoms with van der Waals surface area (Å²) in [5.41, 5.74) is 1.14. The first kappa shape index (κ1) is 18.4. The molecule has 0 amide bonds. The highest BCUT2D eigenvalue weighted by Crippen LogP contribution is 2.05. The first-order chi connectivity index (χ1) is 10.6. The first-order valence-electron chi connectivity index (χ1n) is 7.67. The van der Waals surface area contributed by atoms with Gasteiger partial charge >= 0.3 is 5.97 Å². The summed E-state index contributed by atoms with van der Waals surface area (Å²) >= 11 is 0. The van der Waals surface area contributed by atoms with Gasteiger partial charge in [0, 0.05) is 13.0 Å². The SMILES string of the molecule is C/C=C/C(CCOCc1ccccc1)OCC(=O)OC(C)C. The maximum Gasteiger partial charge on any atom is 0.332 e. The lowest BCUT2D eigenvalue weighted by Crippen LogP contribution is -2.22. The van der Waals surface area contributed by atoms with E-state index in [1.54, 1.807) is 0 Å². The fourth-order valence-electron chi connectivity index (χ4n) is 1.89. The number of benzene rings is 1. The molecule has 0 saturated heterocycles. The van der Waals surface area contributed by atoms with E-state index in [1.165, 1.54) is 0 Å². The van der Waals surface area contributed by atoms with Crippen molar-refractivity contribution >= 4 is 5.97 Å². The lowest BCUT2D eigenvalue weighted by Gasteiger charge is -2.15. The molecular formula is C18H26O4. The van der Waals surface area contributed by atoms with E-state index in [0.29, 0.717) is 19.6 Å². The number of carbonyl (C=O) groups is 1. The predicted molar refractivity (Wildman–Crippen MR) is 86.5 cm³/mol. The zero-order valence-electron chi connectivity index (χ0n) is 13.7. The van der Waals surface area contributed by atoms with Gasteiger partial charge in [0.05, 0.1) is 18.8 Å². The van der Waals surface area contributed by atoms with Gasteiger partial charge < -0.3 is 14.2 Å². The minimum absolute atomic E-state index is 0.0358. The van der Waals surface area contributed by atoms with Crippen LogP contribution in [0.15, 0.2) is 42.5 Å². The minimum atomic E-state index is -0.338. The van der Waals surface area contributed by atoms with Gasteiger partial charge in [-0.1, -0.05) is 42.5 Å². The molecule has 0 spiro atoms. The van der Waals surface area contributed by atoms with Crippen LogP contribution in [0.5, 0.6) is 0 Å². The van der Waals surface area contributed by atoms with Crippen molar-refractivity contribution in [1.29, 1.82) is 0 Å². The zero-order chi connectivity index (χ0) is 16.2. The molecule has 22 heavy (non-hydrogen) atoms. The van der Waals surface area contributed by atoms with Gasteiger partial charge in [-0.2, -0.15) is 0 Å². The molecule has 0 heterocycles. The van der Waals surface area contributed by atoms with Crippen molar-refractivity contribution in [2.75, 3.05) is 13.2 Å². The highest BCUT2D eigenvalue weighted by molar-refractivity contribution is 5.70. The van der Waals surface area contributed by atoms with Gasteiger partial charge in [-0.3, -0.25) is 0 Å². The average molecular weight is 306 g/mol. The molecule has 4 heteroatoms. The first-order valence-corrected chi connectivity index (χ1v) is 7.67. The molecule has 0 aliphatic rings. The largest absolute Gasteiger partial charge is 0.461 e. The molecule has 0 radical (unpaired) electrons. The number of ether oxygens (including phenoxy) is 3. The van der Waals surface area contributed by atoms with Crippen LogP contribution >= 0.6 is 0 Å². The van der Waals surface area contributed by atoms with E-state index in [2.05, 4.69) is 0 Å². The van der Waals surface area contributed by atoms with Gasteiger partial charge in [-0.05, 0) is 26.3 Å². The van der Waals surface area contributed by atoms with E-state index in [9.17, 15) is 4.79 Å². The molecule has 1 rings (SSSR count).